The largest absolute Gasteiger partial charge is 0.487 e. The molecule has 0 atom stereocenters. The summed E-state index contributed by atoms with van der Waals surface area (Å²) in [4.78, 5) is 39.2. The molecule has 178 valence electrons. The average molecular weight is 504 g/mol. The number of ether oxygens (including phenoxy) is 1. The van der Waals surface area contributed by atoms with Crippen molar-refractivity contribution >= 4 is 46.6 Å². The van der Waals surface area contributed by atoms with Gasteiger partial charge in [0.25, 0.3) is 11.8 Å². The van der Waals surface area contributed by atoms with E-state index < -0.39 is 11.8 Å². The lowest BCUT2D eigenvalue weighted by Crippen LogP contribution is -2.28. The van der Waals surface area contributed by atoms with Gasteiger partial charge < -0.3 is 31.8 Å². The highest BCUT2D eigenvalue weighted by Gasteiger charge is 2.20. The van der Waals surface area contributed by atoms with Crippen LogP contribution in [0.5, 0.6) is 5.75 Å². The van der Waals surface area contributed by atoms with E-state index in [0.717, 1.165) is 5.56 Å². The molecule has 0 saturated carbocycles. The summed E-state index contributed by atoms with van der Waals surface area (Å²) in [5.74, 6) is -1.19. The molecule has 0 unspecified atom stereocenters. The number of aromatic nitrogens is 1. The van der Waals surface area contributed by atoms with Crippen molar-refractivity contribution < 1.29 is 19.1 Å². The topological polar surface area (TPSA) is 152 Å². The van der Waals surface area contributed by atoms with Crippen LogP contribution in [0, 0.1) is 6.92 Å². The lowest BCUT2D eigenvalue weighted by Gasteiger charge is -2.14. The van der Waals surface area contributed by atoms with E-state index in [-0.39, 0.29) is 39.6 Å². The molecule has 2 aromatic carbocycles. The Morgan fingerprint density at radius 1 is 1.00 bits per heavy atom. The van der Waals surface area contributed by atoms with Gasteiger partial charge in [-0.05, 0) is 42.8 Å². The zero-order valence-corrected chi connectivity index (χ0v) is 19.7. The van der Waals surface area contributed by atoms with Crippen LogP contribution in [0.15, 0.2) is 42.5 Å². The van der Waals surface area contributed by atoms with E-state index in [2.05, 4.69) is 15.6 Å². The van der Waals surface area contributed by atoms with E-state index in [0.29, 0.717) is 30.0 Å². The van der Waals surface area contributed by atoms with Crippen molar-refractivity contribution in [2.24, 2.45) is 11.5 Å². The van der Waals surface area contributed by atoms with Gasteiger partial charge in [-0.15, -0.1) is 0 Å². The number of primary amides is 1. The first-order chi connectivity index (χ1) is 16.2. The molecule has 0 bridgehead atoms. The summed E-state index contributed by atoms with van der Waals surface area (Å²) in [7, 11) is 0. The Kier molecular flexibility index (Phi) is 8.17. The van der Waals surface area contributed by atoms with Crippen LogP contribution < -0.4 is 26.8 Å². The SMILES string of the molecule is Cc1[nH]c(C(=O)Nc2ccc(C(N)=O)cc2OCc2ccc(C(=O)NCCN)cc2)c(Cl)c1Cl. The summed E-state index contributed by atoms with van der Waals surface area (Å²) in [6.07, 6.45) is 0. The zero-order chi connectivity index (χ0) is 24.8. The van der Waals surface area contributed by atoms with E-state index in [1.54, 1.807) is 31.2 Å². The number of benzene rings is 2. The molecule has 0 aliphatic carbocycles. The monoisotopic (exact) mass is 503 g/mol. The fourth-order valence-corrected chi connectivity index (χ4v) is 3.43. The molecule has 9 nitrogen and oxygen atoms in total. The maximum atomic E-state index is 12.7. The van der Waals surface area contributed by atoms with Gasteiger partial charge in [-0.3, -0.25) is 14.4 Å². The van der Waals surface area contributed by atoms with E-state index in [4.69, 9.17) is 39.4 Å². The number of H-pyrrole nitrogens is 1. The molecular formula is C23H23Cl2N5O4. The predicted octanol–water partition coefficient (Wildman–Crippen LogP) is 3.25. The minimum Gasteiger partial charge on any atom is -0.487 e. The van der Waals surface area contributed by atoms with E-state index in [1.807, 2.05) is 0 Å². The number of carbonyl (C=O) groups is 3. The van der Waals surface area contributed by atoms with Crippen LogP contribution >= 0.6 is 23.2 Å². The standard InChI is InChI=1S/C23H23Cl2N5O4/c1-12-18(24)19(25)20(29-12)23(33)30-16-7-6-15(21(27)31)10-17(16)34-11-13-2-4-14(5-3-13)22(32)28-9-8-26/h2-7,10,29H,8-9,11,26H2,1H3,(H2,27,31)(H,28,32)(H,30,33). The van der Waals surface area contributed by atoms with Gasteiger partial charge >= 0.3 is 0 Å². The number of carbonyl (C=O) groups excluding carboxylic acids is 3. The number of amides is 3. The van der Waals surface area contributed by atoms with Crippen molar-refractivity contribution in [1.82, 2.24) is 10.3 Å². The van der Waals surface area contributed by atoms with Crippen molar-refractivity contribution in [3.8, 4) is 5.75 Å². The molecule has 3 aromatic rings. The molecule has 34 heavy (non-hydrogen) atoms. The summed E-state index contributed by atoms with van der Waals surface area (Å²) in [5.41, 5.74) is 13.2. The van der Waals surface area contributed by atoms with E-state index in [1.165, 1.54) is 18.2 Å². The van der Waals surface area contributed by atoms with Crippen molar-refractivity contribution in [3.63, 3.8) is 0 Å². The number of hydrogen-bond donors (Lipinski definition) is 5. The lowest BCUT2D eigenvalue weighted by molar-refractivity contribution is 0.0952. The third-order valence-electron chi connectivity index (χ3n) is 4.84. The van der Waals surface area contributed by atoms with Crippen LogP contribution in [0.3, 0.4) is 0 Å². The molecule has 7 N–H and O–H groups in total. The summed E-state index contributed by atoms with van der Waals surface area (Å²) >= 11 is 12.2. The Hall–Kier alpha value is -3.53. The minimum atomic E-state index is -0.648. The number of aryl methyl sites for hydroxylation is 1. The number of nitrogens with one attached hydrogen (secondary N) is 3. The number of aromatic amines is 1. The third-order valence-corrected chi connectivity index (χ3v) is 5.78. The van der Waals surface area contributed by atoms with Gasteiger partial charge in [-0.1, -0.05) is 35.3 Å². The summed E-state index contributed by atoms with van der Waals surface area (Å²) < 4.78 is 5.87. The van der Waals surface area contributed by atoms with Gasteiger partial charge in [0, 0.05) is 29.9 Å². The third kappa shape index (κ3) is 5.88. The molecule has 3 rings (SSSR count). The second kappa shape index (κ2) is 11.1. The van der Waals surface area contributed by atoms with Crippen LogP contribution in [0.25, 0.3) is 0 Å². The van der Waals surface area contributed by atoms with Crippen LogP contribution in [0.4, 0.5) is 5.69 Å². The van der Waals surface area contributed by atoms with Crippen LogP contribution in [0.2, 0.25) is 10.0 Å². The number of nitrogens with two attached hydrogens (primary N) is 2. The normalized spacial score (nSPS) is 10.6. The van der Waals surface area contributed by atoms with Crippen molar-refractivity contribution in [1.29, 1.82) is 0 Å². The summed E-state index contributed by atoms with van der Waals surface area (Å²) in [5, 5.41) is 5.75. The van der Waals surface area contributed by atoms with Crippen molar-refractivity contribution in [2.45, 2.75) is 13.5 Å². The molecule has 0 aliphatic rings. The fraction of sp³-hybridized carbons (Fsp3) is 0.174. The molecule has 0 fully saturated rings. The van der Waals surface area contributed by atoms with Crippen LogP contribution in [-0.2, 0) is 6.61 Å². The van der Waals surface area contributed by atoms with Crippen LogP contribution in [0.1, 0.15) is 42.5 Å². The minimum absolute atomic E-state index is 0.0950. The molecule has 0 spiro atoms. The highest BCUT2D eigenvalue weighted by Crippen LogP contribution is 2.31. The highest BCUT2D eigenvalue weighted by molar-refractivity contribution is 6.44. The number of hydrogen-bond acceptors (Lipinski definition) is 5. The van der Waals surface area contributed by atoms with Gasteiger partial charge in [-0.25, -0.2) is 0 Å². The second-order valence-corrected chi connectivity index (χ2v) is 8.07. The predicted molar refractivity (Wildman–Crippen MR) is 131 cm³/mol. The molecule has 0 aliphatic heterocycles. The smallest absolute Gasteiger partial charge is 0.273 e. The van der Waals surface area contributed by atoms with Gasteiger partial charge in [0.15, 0.2) is 0 Å². The Morgan fingerprint density at radius 2 is 1.68 bits per heavy atom. The molecule has 11 heteroatoms. The number of anilines is 1. The summed E-state index contributed by atoms with van der Waals surface area (Å²) in [6.45, 7) is 2.52. The molecule has 3 amide bonds. The molecular weight excluding hydrogens is 481 g/mol. The maximum Gasteiger partial charge on any atom is 0.273 e. The van der Waals surface area contributed by atoms with Gasteiger partial charge in [0.2, 0.25) is 5.91 Å². The molecule has 1 heterocycles. The Labute approximate surface area is 205 Å². The first-order valence-corrected chi connectivity index (χ1v) is 11.0. The van der Waals surface area contributed by atoms with Gasteiger partial charge in [0.05, 0.1) is 15.7 Å². The fourth-order valence-electron chi connectivity index (χ4n) is 3.01. The lowest BCUT2D eigenvalue weighted by atomic mass is 10.1. The van der Waals surface area contributed by atoms with E-state index in [9.17, 15) is 14.4 Å². The highest BCUT2D eigenvalue weighted by atomic mass is 35.5. The number of halogens is 2. The van der Waals surface area contributed by atoms with Crippen molar-refractivity contribution in [2.75, 3.05) is 18.4 Å². The summed E-state index contributed by atoms with van der Waals surface area (Å²) in [6, 6.07) is 11.2. The number of rotatable bonds is 9. The van der Waals surface area contributed by atoms with Gasteiger partial charge in [0.1, 0.15) is 18.1 Å². The molecule has 0 radical (unpaired) electrons. The van der Waals surface area contributed by atoms with Gasteiger partial charge in [-0.2, -0.15) is 0 Å². The molecule has 0 saturated heterocycles. The first kappa shape index (κ1) is 25.1. The molecule has 1 aromatic heterocycles. The maximum absolute atomic E-state index is 12.7. The van der Waals surface area contributed by atoms with Crippen LogP contribution in [-0.4, -0.2) is 35.8 Å². The van der Waals surface area contributed by atoms with E-state index >= 15 is 0 Å². The zero-order valence-electron chi connectivity index (χ0n) is 18.2. The first-order valence-electron chi connectivity index (χ1n) is 10.2. The Bertz CT molecular complexity index is 1220. The Balaban J connectivity index is 1.78. The second-order valence-electron chi connectivity index (χ2n) is 7.31. The van der Waals surface area contributed by atoms with Crippen molar-refractivity contribution in [3.05, 3.63) is 80.6 Å². The average Bonchev–Trinajstić information content (AvgIpc) is 3.09. The quantitative estimate of drug-likeness (QED) is 0.303. The Morgan fingerprint density at radius 3 is 2.26 bits per heavy atom.